The van der Waals surface area contributed by atoms with Crippen molar-refractivity contribution in [2.45, 2.75) is 0 Å². The molecule has 72 heavy (non-hydrogen) atoms. The van der Waals surface area contributed by atoms with Gasteiger partial charge in [-0.05, 0) is 81.4 Å². The Morgan fingerprint density at radius 1 is 0.333 bits per heavy atom. The van der Waals surface area contributed by atoms with E-state index in [4.69, 9.17) is 9.97 Å². The van der Waals surface area contributed by atoms with E-state index in [0.717, 1.165) is 66.4 Å². The molecule has 6 nitrogen and oxygen atoms in total. The van der Waals surface area contributed by atoms with Gasteiger partial charge < -0.3 is 4.57 Å². The third kappa shape index (κ3) is 6.26. The second-order valence-electron chi connectivity index (χ2n) is 18.5. The number of hydrogen-bond acceptors (Lipinski definition) is 3. The Morgan fingerprint density at radius 2 is 0.750 bits per heavy atom. The van der Waals surface area contributed by atoms with Crippen LogP contribution >= 0.6 is 0 Å². The minimum Gasteiger partial charge on any atom is -0.309 e. The van der Waals surface area contributed by atoms with E-state index in [0.29, 0.717) is 11.5 Å². The lowest BCUT2D eigenvalue weighted by Gasteiger charge is -2.34. The molecule has 0 N–H and O–H groups in total. The monoisotopic (exact) mass is 934 g/mol. The van der Waals surface area contributed by atoms with Gasteiger partial charge in [0.25, 0.3) is 0 Å². The van der Waals surface area contributed by atoms with Crippen molar-refractivity contribution in [3.63, 3.8) is 0 Å². The van der Waals surface area contributed by atoms with Gasteiger partial charge in [-0.2, -0.15) is 10.2 Å². The number of benzene rings is 10. The zero-order chi connectivity index (χ0) is 47.8. The number of fused-ring (bicyclic) bond motifs is 9. The molecule has 0 aliphatic carbocycles. The second-order valence-corrected chi connectivity index (χ2v) is 22.3. The molecule has 0 aliphatic heterocycles. The summed E-state index contributed by atoms with van der Waals surface area (Å²) < 4.78 is 6.83. The molecule has 10 aromatic carbocycles. The fraction of sp³-hybridized carbons (Fsp3) is 0. The summed E-state index contributed by atoms with van der Waals surface area (Å²) in [6.45, 7) is 0. The number of rotatable bonds is 8. The first-order chi connectivity index (χ1) is 35.7. The number of nitrogens with zero attached hydrogens (tertiary/aromatic N) is 6. The Balaban J connectivity index is 1.01. The van der Waals surface area contributed by atoms with Gasteiger partial charge in [-0.1, -0.05) is 188 Å². The van der Waals surface area contributed by atoms with Crippen molar-refractivity contribution in [1.29, 1.82) is 5.26 Å². The van der Waals surface area contributed by atoms with Crippen LogP contribution in [0.4, 0.5) is 0 Å². The molecule has 0 saturated carbocycles. The van der Waals surface area contributed by atoms with Crippen molar-refractivity contribution in [3.8, 4) is 34.8 Å². The Bertz CT molecular complexity index is 4300. The highest BCUT2D eigenvalue weighted by Crippen LogP contribution is 2.38. The van der Waals surface area contributed by atoms with Gasteiger partial charge in [0.1, 0.15) is 5.82 Å². The highest BCUT2D eigenvalue weighted by molar-refractivity contribution is 7.19. The lowest BCUT2D eigenvalue weighted by molar-refractivity contribution is 0.952. The fourth-order valence-electron chi connectivity index (χ4n) is 11.5. The summed E-state index contributed by atoms with van der Waals surface area (Å²) in [6, 6.07) is 93.7. The summed E-state index contributed by atoms with van der Waals surface area (Å²) in [7, 11) is -2.78. The number of hydrogen-bond donors (Lipinski definition) is 0. The molecule has 0 saturated heterocycles. The predicted octanol–water partition coefficient (Wildman–Crippen LogP) is 12.7. The first-order valence-corrected chi connectivity index (χ1v) is 26.3. The normalized spacial score (nSPS) is 11.9. The van der Waals surface area contributed by atoms with Crippen molar-refractivity contribution < 1.29 is 0 Å². The van der Waals surface area contributed by atoms with Crippen LogP contribution in [-0.2, 0) is 0 Å². The molecular formula is C65H42N6Si. The van der Waals surface area contributed by atoms with Crippen LogP contribution in [0.3, 0.4) is 0 Å². The summed E-state index contributed by atoms with van der Waals surface area (Å²) in [6.07, 6.45) is 0. The zero-order valence-corrected chi connectivity index (χ0v) is 39.9. The average Bonchev–Trinajstić information content (AvgIpc) is 4.09. The van der Waals surface area contributed by atoms with Crippen molar-refractivity contribution in [1.82, 2.24) is 23.7 Å². The molecular weight excluding hydrogens is 893 g/mol. The third-order valence-electron chi connectivity index (χ3n) is 14.7. The molecule has 0 spiro atoms. The Hall–Kier alpha value is -9.61. The predicted molar refractivity (Wildman–Crippen MR) is 299 cm³/mol. The average molecular weight is 935 g/mol. The minimum atomic E-state index is -2.78. The van der Waals surface area contributed by atoms with E-state index in [-0.39, 0.29) is 0 Å². The molecule has 0 fully saturated rings. The van der Waals surface area contributed by atoms with Crippen LogP contribution in [-0.4, -0.2) is 31.7 Å². The van der Waals surface area contributed by atoms with Crippen LogP contribution in [0.2, 0.25) is 0 Å². The Kier molecular flexibility index (Phi) is 9.49. The molecule has 14 rings (SSSR count). The zero-order valence-electron chi connectivity index (χ0n) is 38.9. The Labute approximate surface area is 416 Å². The number of nitriles is 1. The molecule has 14 aromatic rings. The van der Waals surface area contributed by atoms with E-state index in [1.807, 2.05) is 24.3 Å². The van der Waals surface area contributed by atoms with E-state index in [9.17, 15) is 5.26 Å². The summed E-state index contributed by atoms with van der Waals surface area (Å²) in [5.74, 6) is 1.29. The van der Waals surface area contributed by atoms with Crippen molar-refractivity contribution in [3.05, 3.63) is 260 Å². The lowest BCUT2D eigenvalue weighted by atomic mass is 10.1. The highest BCUT2D eigenvalue weighted by atomic mass is 28.3. The first kappa shape index (κ1) is 41.4. The minimum absolute atomic E-state index is 0.539. The van der Waals surface area contributed by atoms with Gasteiger partial charge >= 0.3 is 0 Å². The van der Waals surface area contributed by atoms with Gasteiger partial charge in [0.2, 0.25) is 5.95 Å². The molecule has 0 amide bonds. The van der Waals surface area contributed by atoms with Crippen molar-refractivity contribution >= 4 is 94.2 Å². The topological polar surface area (TPSA) is 64.4 Å². The van der Waals surface area contributed by atoms with Crippen LogP contribution in [0.5, 0.6) is 0 Å². The molecule has 0 atom stereocenters. The smallest absolute Gasteiger partial charge is 0.237 e. The standard InChI is InChI=1S/C65H42N6Si/c66-43-44-32-38-63-55(40-44)53-26-13-17-31-61(53)71(63)65-67-57(45-33-36-50(37-34-45)72(47-18-4-1-5-19-47,48-20-6-2-7-21-48)49-22-8-3-9-23-49)42-64(68-65)70-60-30-16-12-27-54(60)56-41-46(35-39-62(56)70)69-58-28-14-10-24-51(58)52-25-11-15-29-59(52)69/h1-42H. The molecule has 336 valence electrons. The van der Waals surface area contributed by atoms with E-state index in [1.165, 1.54) is 42.6 Å². The van der Waals surface area contributed by atoms with E-state index >= 15 is 0 Å². The lowest BCUT2D eigenvalue weighted by Crippen LogP contribution is -2.74. The molecule has 4 aromatic heterocycles. The highest BCUT2D eigenvalue weighted by Gasteiger charge is 2.41. The maximum atomic E-state index is 10.0. The van der Waals surface area contributed by atoms with Crippen LogP contribution in [0.15, 0.2) is 255 Å². The third-order valence-corrected chi connectivity index (χ3v) is 19.5. The largest absolute Gasteiger partial charge is 0.309 e. The van der Waals surface area contributed by atoms with Gasteiger partial charge in [-0.15, -0.1) is 0 Å². The molecule has 0 unspecified atom stereocenters. The summed E-state index contributed by atoms with van der Waals surface area (Å²) in [4.78, 5) is 11.1. The van der Waals surface area contributed by atoms with Gasteiger partial charge in [-0.25, -0.2) is 4.98 Å². The van der Waals surface area contributed by atoms with E-state index in [1.54, 1.807) is 0 Å². The molecule has 7 heteroatoms. The number of para-hydroxylation sites is 4. The van der Waals surface area contributed by atoms with Gasteiger partial charge in [0.15, 0.2) is 8.07 Å². The summed E-state index contributed by atoms with van der Waals surface area (Å²) >= 11 is 0. The van der Waals surface area contributed by atoms with Crippen LogP contribution in [0.1, 0.15) is 5.56 Å². The quantitative estimate of drug-likeness (QED) is 0.113. The van der Waals surface area contributed by atoms with Crippen LogP contribution in [0, 0.1) is 11.3 Å². The van der Waals surface area contributed by atoms with Crippen LogP contribution < -0.4 is 20.7 Å². The van der Waals surface area contributed by atoms with E-state index in [2.05, 4.69) is 250 Å². The first-order valence-electron chi connectivity index (χ1n) is 24.3. The van der Waals surface area contributed by atoms with Gasteiger partial charge in [0.05, 0.1) is 50.4 Å². The molecule has 4 heterocycles. The second kappa shape index (κ2) is 16.5. The molecule has 0 bridgehead atoms. The number of aromatic nitrogens is 5. The molecule has 0 radical (unpaired) electrons. The van der Waals surface area contributed by atoms with Gasteiger partial charge in [-0.3, -0.25) is 9.13 Å². The SMILES string of the molecule is N#Cc1ccc2c(c1)c1ccccc1n2-c1nc(-c2ccc([Si](c3ccccc3)(c3ccccc3)c3ccccc3)cc2)cc(-n2c3ccccc3c3cc(-n4c5ccccc5c5ccccc54)ccc32)n1. The van der Waals surface area contributed by atoms with Gasteiger partial charge in [0, 0.05) is 49.6 Å². The van der Waals surface area contributed by atoms with E-state index < -0.39 is 8.07 Å². The summed E-state index contributed by atoms with van der Waals surface area (Å²) in [5.41, 5.74) is 9.77. The maximum Gasteiger partial charge on any atom is 0.237 e. The Morgan fingerprint density at radius 3 is 1.29 bits per heavy atom. The van der Waals surface area contributed by atoms with Crippen molar-refractivity contribution in [2.75, 3.05) is 0 Å². The van der Waals surface area contributed by atoms with Crippen molar-refractivity contribution in [2.24, 2.45) is 0 Å². The summed E-state index contributed by atoms with van der Waals surface area (Å²) in [5, 5.41) is 22.0. The van der Waals surface area contributed by atoms with Crippen LogP contribution in [0.25, 0.3) is 94.1 Å². The maximum absolute atomic E-state index is 10.0. The molecule has 0 aliphatic rings. The fourth-order valence-corrected chi connectivity index (χ4v) is 16.3.